The van der Waals surface area contributed by atoms with Crippen LogP contribution in [-0.4, -0.2) is 15.0 Å². The number of aromatic nitrogens is 3. The molecular weight excluding hydrogens is 272 g/mol. The first-order valence-corrected chi connectivity index (χ1v) is 6.41. The molecule has 5 heteroatoms. The van der Waals surface area contributed by atoms with Gasteiger partial charge in [-0.2, -0.15) is 0 Å². The zero-order valence-corrected chi connectivity index (χ0v) is 10.8. The van der Waals surface area contributed by atoms with Crippen LogP contribution >= 0.6 is 0 Å². The zero-order chi connectivity index (χ0) is 14.4. The number of halogens is 2. The van der Waals surface area contributed by atoms with Gasteiger partial charge < -0.3 is 4.98 Å². The topological polar surface area (TPSA) is 41.6 Å². The second-order valence-electron chi connectivity index (χ2n) is 4.74. The normalized spacial score (nSPS) is 11.3. The summed E-state index contributed by atoms with van der Waals surface area (Å²) < 4.78 is 26.6. The van der Waals surface area contributed by atoms with E-state index in [4.69, 9.17) is 0 Å². The first-order valence-electron chi connectivity index (χ1n) is 6.41. The summed E-state index contributed by atoms with van der Waals surface area (Å²) in [6.45, 7) is 0. The summed E-state index contributed by atoms with van der Waals surface area (Å²) in [6, 6.07) is 11.7. The summed E-state index contributed by atoms with van der Waals surface area (Å²) in [5.41, 5.74) is 2.54. The molecule has 0 spiro atoms. The molecule has 2 heterocycles. The molecule has 4 aromatic rings. The van der Waals surface area contributed by atoms with Gasteiger partial charge in [0.15, 0.2) is 11.6 Å². The highest BCUT2D eigenvalue weighted by Crippen LogP contribution is 2.27. The highest BCUT2D eigenvalue weighted by atomic mass is 19.2. The number of imidazole rings is 1. The fourth-order valence-electron chi connectivity index (χ4n) is 2.43. The molecule has 4 rings (SSSR count). The quantitative estimate of drug-likeness (QED) is 0.571. The number of fused-ring (bicyclic) bond motifs is 2. The second-order valence-corrected chi connectivity index (χ2v) is 4.74. The minimum Gasteiger partial charge on any atom is -0.338 e. The minimum absolute atomic E-state index is 0.393. The smallest absolute Gasteiger partial charge is 0.161 e. The Morgan fingerprint density at radius 1 is 0.905 bits per heavy atom. The largest absolute Gasteiger partial charge is 0.338 e. The molecule has 0 fully saturated rings. The molecular formula is C16H9F2N3. The number of benzene rings is 2. The van der Waals surface area contributed by atoms with E-state index in [1.807, 2.05) is 30.3 Å². The monoisotopic (exact) mass is 281 g/mol. The van der Waals surface area contributed by atoms with Crippen LogP contribution in [0.5, 0.6) is 0 Å². The molecule has 0 saturated heterocycles. The molecule has 102 valence electrons. The lowest BCUT2D eigenvalue weighted by Gasteiger charge is -2.02. The highest BCUT2D eigenvalue weighted by Gasteiger charge is 2.12. The molecule has 0 amide bonds. The number of para-hydroxylation sites is 1. The summed E-state index contributed by atoms with van der Waals surface area (Å²) in [6.07, 6.45) is 1.69. The van der Waals surface area contributed by atoms with Crippen molar-refractivity contribution >= 4 is 21.9 Å². The number of nitrogens with one attached hydrogen (secondary N) is 1. The Morgan fingerprint density at radius 2 is 1.71 bits per heavy atom. The van der Waals surface area contributed by atoms with Gasteiger partial charge in [0.25, 0.3) is 0 Å². The van der Waals surface area contributed by atoms with Crippen molar-refractivity contribution in [3.63, 3.8) is 0 Å². The molecule has 0 radical (unpaired) electrons. The fourth-order valence-corrected chi connectivity index (χ4v) is 2.43. The van der Waals surface area contributed by atoms with Crippen LogP contribution in [0.15, 0.2) is 48.7 Å². The highest BCUT2D eigenvalue weighted by molar-refractivity contribution is 5.94. The van der Waals surface area contributed by atoms with Crippen LogP contribution in [-0.2, 0) is 0 Å². The maximum absolute atomic E-state index is 13.3. The maximum atomic E-state index is 13.3. The Balaban J connectivity index is 2.00. The lowest BCUT2D eigenvalue weighted by Crippen LogP contribution is -1.85. The summed E-state index contributed by atoms with van der Waals surface area (Å²) in [7, 11) is 0. The Hall–Kier alpha value is -2.82. The van der Waals surface area contributed by atoms with Gasteiger partial charge in [0.05, 0.1) is 16.6 Å². The van der Waals surface area contributed by atoms with E-state index in [9.17, 15) is 8.78 Å². The molecule has 0 aliphatic heterocycles. The van der Waals surface area contributed by atoms with E-state index in [0.717, 1.165) is 28.6 Å². The van der Waals surface area contributed by atoms with E-state index in [2.05, 4.69) is 15.0 Å². The number of H-pyrrole nitrogens is 1. The van der Waals surface area contributed by atoms with Crippen molar-refractivity contribution in [2.45, 2.75) is 0 Å². The molecule has 1 N–H and O–H groups in total. The van der Waals surface area contributed by atoms with Gasteiger partial charge in [0.2, 0.25) is 0 Å². The fraction of sp³-hybridized carbons (Fsp3) is 0. The minimum atomic E-state index is -0.903. The van der Waals surface area contributed by atoms with Crippen molar-refractivity contribution in [2.75, 3.05) is 0 Å². The maximum Gasteiger partial charge on any atom is 0.161 e. The summed E-state index contributed by atoms with van der Waals surface area (Å²) in [5, 5.41) is 0.931. The van der Waals surface area contributed by atoms with Crippen molar-refractivity contribution in [1.29, 1.82) is 0 Å². The van der Waals surface area contributed by atoms with Crippen molar-refractivity contribution < 1.29 is 8.78 Å². The van der Waals surface area contributed by atoms with Gasteiger partial charge in [0.1, 0.15) is 5.82 Å². The summed E-state index contributed by atoms with van der Waals surface area (Å²) in [5.74, 6) is -1.23. The molecule has 2 aromatic heterocycles. The van der Waals surface area contributed by atoms with E-state index in [0.29, 0.717) is 16.9 Å². The van der Waals surface area contributed by atoms with Crippen LogP contribution in [0.2, 0.25) is 0 Å². The molecule has 0 unspecified atom stereocenters. The van der Waals surface area contributed by atoms with E-state index in [1.54, 1.807) is 6.20 Å². The molecule has 0 atom stereocenters. The molecule has 0 saturated carbocycles. The van der Waals surface area contributed by atoms with Crippen LogP contribution in [0.4, 0.5) is 8.78 Å². The number of hydrogen-bond acceptors (Lipinski definition) is 2. The molecule has 0 bridgehead atoms. The van der Waals surface area contributed by atoms with E-state index in [1.165, 1.54) is 0 Å². The van der Waals surface area contributed by atoms with Crippen molar-refractivity contribution in [3.05, 3.63) is 60.3 Å². The van der Waals surface area contributed by atoms with Gasteiger partial charge in [-0.15, -0.1) is 0 Å². The Bertz CT molecular complexity index is 932. The molecule has 0 aliphatic rings. The number of pyridine rings is 1. The van der Waals surface area contributed by atoms with Gasteiger partial charge >= 0.3 is 0 Å². The molecule has 21 heavy (non-hydrogen) atoms. The predicted molar refractivity (Wildman–Crippen MR) is 76.7 cm³/mol. The van der Waals surface area contributed by atoms with Crippen LogP contribution in [0.3, 0.4) is 0 Å². The SMILES string of the molecule is Fc1cc2nc(-c3ccnc4ccccc34)[nH]c2cc1F. The third-order valence-corrected chi connectivity index (χ3v) is 3.43. The summed E-state index contributed by atoms with van der Waals surface area (Å²) >= 11 is 0. The zero-order valence-electron chi connectivity index (χ0n) is 10.8. The average molecular weight is 281 g/mol. The van der Waals surface area contributed by atoms with E-state index >= 15 is 0 Å². The standard InChI is InChI=1S/C16H9F2N3/c17-11-7-14-15(8-12(11)18)21-16(20-14)10-5-6-19-13-4-2-1-3-9(10)13/h1-8H,(H,20,21). The molecule has 0 aliphatic carbocycles. The Morgan fingerprint density at radius 3 is 2.62 bits per heavy atom. The van der Waals surface area contributed by atoms with Crippen LogP contribution in [0, 0.1) is 11.6 Å². The lowest BCUT2D eigenvalue weighted by molar-refractivity contribution is 0.510. The van der Waals surface area contributed by atoms with Crippen LogP contribution in [0.1, 0.15) is 0 Å². The van der Waals surface area contributed by atoms with Gasteiger partial charge in [-0.3, -0.25) is 4.98 Å². The van der Waals surface area contributed by atoms with Gasteiger partial charge in [-0.05, 0) is 12.1 Å². The lowest BCUT2D eigenvalue weighted by atomic mass is 10.1. The van der Waals surface area contributed by atoms with Crippen LogP contribution in [0.25, 0.3) is 33.3 Å². The van der Waals surface area contributed by atoms with Crippen LogP contribution < -0.4 is 0 Å². The molecule has 3 nitrogen and oxygen atoms in total. The first kappa shape index (κ1) is 12.0. The number of aromatic amines is 1. The van der Waals surface area contributed by atoms with E-state index in [-0.39, 0.29) is 0 Å². The second kappa shape index (κ2) is 4.34. The van der Waals surface area contributed by atoms with Gasteiger partial charge in [-0.1, -0.05) is 18.2 Å². The van der Waals surface area contributed by atoms with Crippen molar-refractivity contribution in [3.8, 4) is 11.4 Å². The van der Waals surface area contributed by atoms with Gasteiger partial charge in [-0.25, -0.2) is 13.8 Å². The third-order valence-electron chi connectivity index (χ3n) is 3.43. The van der Waals surface area contributed by atoms with Gasteiger partial charge in [0, 0.05) is 29.3 Å². The Kier molecular flexibility index (Phi) is 2.47. The predicted octanol–water partition coefficient (Wildman–Crippen LogP) is 4.06. The molecule has 2 aromatic carbocycles. The Labute approximate surface area is 118 Å². The average Bonchev–Trinajstić information content (AvgIpc) is 2.90. The number of rotatable bonds is 1. The van der Waals surface area contributed by atoms with E-state index < -0.39 is 11.6 Å². The third kappa shape index (κ3) is 1.86. The first-order chi connectivity index (χ1) is 10.2. The number of hydrogen-bond donors (Lipinski definition) is 1. The summed E-state index contributed by atoms with van der Waals surface area (Å²) in [4.78, 5) is 11.7. The van der Waals surface area contributed by atoms with Crippen molar-refractivity contribution in [1.82, 2.24) is 15.0 Å². The van der Waals surface area contributed by atoms with Crippen molar-refractivity contribution in [2.24, 2.45) is 0 Å². The number of nitrogens with zero attached hydrogens (tertiary/aromatic N) is 2.